The Morgan fingerprint density at radius 1 is 1.62 bits per heavy atom. The number of hydrogen-bond donors (Lipinski definition) is 0. The summed E-state index contributed by atoms with van der Waals surface area (Å²) in [6.07, 6.45) is 3.64. The SMILES string of the molecule is C/C=[N+](/[O-])CCCC. The Labute approximate surface area is 50.4 Å². The molecular formula is C6H13NO. The van der Waals surface area contributed by atoms with Crippen LogP contribution in [-0.4, -0.2) is 17.5 Å². The van der Waals surface area contributed by atoms with Crippen molar-refractivity contribution in [2.75, 3.05) is 6.54 Å². The summed E-state index contributed by atoms with van der Waals surface area (Å²) in [6.45, 7) is 4.47. The van der Waals surface area contributed by atoms with E-state index in [9.17, 15) is 5.21 Å². The first-order valence-electron chi connectivity index (χ1n) is 3.04. The lowest BCUT2D eigenvalue weighted by Crippen LogP contribution is -2.04. The first-order chi connectivity index (χ1) is 3.81. The van der Waals surface area contributed by atoms with Gasteiger partial charge in [0.1, 0.15) is 6.21 Å². The topological polar surface area (TPSA) is 26.1 Å². The molecule has 0 rings (SSSR count). The average molecular weight is 115 g/mol. The van der Waals surface area contributed by atoms with Crippen molar-refractivity contribution in [3.05, 3.63) is 5.21 Å². The van der Waals surface area contributed by atoms with Gasteiger partial charge in [0.05, 0.1) is 0 Å². The zero-order valence-electron chi connectivity index (χ0n) is 5.55. The molecule has 0 aliphatic carbocycles. The zero-order valence-corrected chi connectivity index (χ0v) is 5.55. The molecule has 0 fully saturated rings. The molecule has 0 saturated heterocycles. The van der Waals surface area contributed by atoms with Gasteiger partial charge in [0.25, 0.3) is 0 Å². The highest BCUT2D eigenvalue weighted by molar-refractivity contribution is 5.46. The highest BCUT2D eigenvalue weighted by atomic mass is 16.5. The van der Waals surface area contributed by atoms with Crippen LogP contribution in [0, 0.1) is 5.21 Å². The number of unbranched alkanes of at least 4 members (excludes halogenated alkanes) is 1. The Bertz CT molecular complexity index is 78.6. The van der Waals surface area contributed by atoms with Gasteiger partial charge in [0.2, 0.25) is 0 Å². The molecule has 0 unspecified atom stereocenters. The first-order valence-corrected chi connectivity index (χ1v) is 3.04. The summed E-state index contributed by atoms with van der Waals surface area (Å²) >= 11 is 0. The van der Waals surface area contributed by atoms with Crippen LogP contribution in [0.4, 0.5) is 0 Å². The fraction of sp³-hybridized carbons (Fsp3) is 0.833. The standard InChI is InChI=1S/C6H13NO/c1-3-5-6-7(8)4-2/h4H,3,5-6H2,1-2H3/b7-4+. The minimum atomic E-state index is 0.646. The highest BCUT2D eigenvalue weighted by Crippen LogP contribution is 1.84. The van der Waals surface area contributed by atoms with E-state index in [4.69, 9.17) is 0 Å². The minimum Gasteiger partial charge on any atom is -0.624 e. The second kappa shape index (κ2) is 4.62. The molecule has 48 valence electrons. The quantitative estimate of drug-likeness (QED) is 0.236. The molecule has 0 saturated carbocycles. The van der Waals surface area contributed by atoms with E-state index in [0.717, 1.165) is 17.6 Å². The lowest BCUT2D eigenvalue weighted by molar-refractivity contribution is -0.453. The molecule has 0 amide bonds. The fourth-order valence-electron chi connectivity index (χ4n) is 0.443. The molecule has 0 aromatic rings. The molecular weight excluding hydrogens is 102 g/mol. The smallest absolute Gasteiger partial charge is 0.153 e. The summed E-state index contributed by atoms with van der Waals surface area (Å²) in [5.41, 5.74) is 0. The first kappa shape index (κ1) is 7.47. The molecule has 2 heteroatoms. The van der Waals surface area contributed by atoms with Crippen LogP contribution in [0.5, 0.6) is 0 Å². The van der Waals surface area contributed by atoms with Crippen molar-refractivity contribution >= 4 is 6.21 Å². The summed E-state index contributed by atoms with van der Waals surface area (Å²) < 4.78 is 0.962. The van der Waals surface area contributed by atoms with Gasteiger partial charge in [-0.15, -0.1) is 0 Å². The summed E-state index contributed by atoms with van der Waals surface area (Å²) in [6, 6.07) is 0. The van der Waals surface area contributed by atoms with Crippen LogP contribution in [0.2, 0.25) is 0 Å². The molecule has 0 atom stereocenters. The van der Waals surface area contributed by atoms with Crippen LogP contribution in [0.3, 0.4) is 0 Å². The van der Waals surface area contributed by atoms with Crippen LogP contribution in [0.15, 0.2) is 0 Å². The molecule has 0 bridgehead atoms. The number of hydroxylamine groups is 1. The number of hydrogen-bond acceptors (Lipinski definition) is 1. The van der Waals surface area contributed by atoms with Gasteiger partial charge in [-0.3, -0.25) is 0 Å². The van der Waals surface area contributed by atoms with Crippen molar-refractivity contribution in [3.8, 4) is 0 Å². The Morgan fingerprint density at radius 2 is 2.25 bits per heavy atom. The second-order valence-corrected chi connectivity index (χ2v) is 1.75. The predicted molar refractivity (Wildman–Crippen MR) is 35.1 cm³/mol. The fourth-order valence-corrected chi connectivity index (χ4v) is 0.443. The Kier molecular flexibility index (Phi) is 4.32. The number of nitrogens with zero attached hydrogens (tertiary/aromatic N) is 1. The van der Waals surface area contributed by atoms with Crippen molar-refractivity contribution < 1.29 is 4.74 Å². The van der Waals surface area contributed by atoms with E-state index in [0.29, 0.717) is 6.54 Å². The largest absolute Gasteiger partial charge is 0.624 e. The maximum absolute atomic E-state index is 10.4. The molecule has 2 nitrogen and oxygen atoms in total. The molecule has 0 radical (unpaired) electrons. The van der Waals surface area contributed by atoms with E-state index < -0.39 is 0 Å². The Hall–Kier alpha value is -0.530. The van der Waals surface area contributed by atoms with Gasteiger partial charge in [0, 0.05) is 13.3 Å². The third-order valence-electron chi connectivity index (χ3n) is 1.02. The maximum Gasteiger partial charge on any atom is 0.153 e. The molecule has 0 aliphatic heterocycles. The van der Waals surface area contributed by atoms with Crippen LogP contribution < -0.4 is 0 Å². The maximum atomic E-state index is 10.4. The summed E-state index contributed by atoms with van der Waals surface area (Å²) in [5.74, 6) is 0. The van der Waals surface area contributed by atoms with E-state index in [-0.39, 0.29) is 0 Å². The summed E-state index contributed by atoms with van der Waals surface area (Å²) in [5, 5.41) is 10.4. The van der Waals surface area contributed by atoms with Crippen molar-refractivity contribution in [2.24, 2.45) is 0 Å². The van der Waals surface area contributed by atoms with E-state index in [2.05, 4.69) is 6.92 Å². The second-order valence-electron chi connectivity index (χ2n) is 1.75. The molecule has 0 aromatic heterocycles. The monoisotopic (exact) mass is 115 g/mol. The number of rotatable bonds is 3. The lowest BCUT2D eigenvalue weighted by Gasteiger charge is -1.99. The summed E-state index contributed by atoms with van der Waals surface area (Å²) in [4.78, 5) is 0. The summed E-state index contributed by atoms with van der Waals surface area (Å²) in [7, 11) is 0. The Balaban J connectivity index is 3.12. The third kappa shape index (κ3) is 3.65. The Morgan fingerprint density at radius 3 is 2.62 bits per heavy atom. The molecule has 8 heavy (non-hydrogen) atoms. The van der Waals surface area contributed by atoms with Crippen molar-refractivity contribution in [1.29, 1.82) is 0 Å². The van der Waals surface area contributed by atoms with Gasteiger partial charge >= 0.3 is 0 Å². The van der Waals surface area contributed by atoms with Gasteiger partial charge in [-0.1, -0.05) is 13.3 Å². The van der Waals surface area contributed by atoms with Crippen molar-refractivity contribution in [2.45, 2.75) is 26.7 Å². The zero-order chi connectivity index (χ0) is 6.41. The molecule has 0 aromatic carbocycles. The highest BCUT2D eigenvalue weighted by Gasteiger charge is 1.86. The molecule has 0 heterocycles. The van der Waals surface area contributed by atoms with Crippen LogP contribution in [-0.2, 0) is 0 Å². The van der Waals surface area contributed by atoms with E-state index in [1.165, 1.54) is 0 Å². The normalized spacial score (nSPS) is 12.0. The lowest BCUT2D eigenvalue weighted by atomic mass is 10.3. The average Bonchev–Trinajstić information content (AvgIpc) is 1.83. The molecule has 0 N–H and O–H groups in total. The van der Waals surface area contributed by atoms with E-state index in [1.807, 2.05) is 0 Å². The molecule has 0 aliphatic rings. The van der Waals surface area contributed by atoms with Gasteiger partial charge < -0.3 is 5.21 Å². The van der Waals surface area contributed by atoms with Crippen molar-refractivity contribution in [3.63, 3.8) is 0 Å². The van der Waals surface area contributed by atoms with E-state index >= 15 is 0 Å². The minimum absolute atomic E-state index is 0.646. The van der Waals surface area contributed by atoms with Crippen molar-refractivity contribution in [1.82, 2.24) is 0 Å². The van der Waals surface area contributed by atoms with Crippen LogP contribution in [0.25, 0.3) is 0 Å². The van der Waals surface area contributed by atoms with Crippen LogP contribution >= 0.6 is 0 Å². The van der Waals surface area contributed by atoms with Gasteiger partial charge in [-0.2, -0.15) is 0 Å². The van der Waals surface area contributed by atoms with Crippen LogP contribution in [0.1, 0.15) is 26.7 Å². The van der Waals surface area contributed by atoms with Gasteiger partial charge in [0.15, 0.2) is 6.54 Å². The predicted octanol–water partition coefficient (Wildman–Crippen LogP) is 1.39. The van der Waals surface area contributed by atoms with E-state index in [1.54, 1.807) is 13.1 Å². The third-order valence-corrected chi connectivity index (χ3v) is 1.02. The van der Waals surface area contributed by atoms with Gasteiger partial charge in [-0.25, -0.2) is 4.74 Å². The molecule has 0 spiro atoms. The van der Waals surface area contributed by atoms with Gasteiger partial charge in [-0.05, 0) is 0 Å².